The molecule has 0 radical (unpaired) electrons. The normalized spacial score (nSPS) is 12.8. The lowest BCUT2D eigenvalue weighted by Gasteiger charge is -2.09. The predicted molar refractivity (Wildman–Crippen MR) is 137 cm³/mol. The highest BCUT2D eigenvalue weighted by atomic mass is 32.1. The molecule has 0 spiro atoms. The van der Waals surface area contributed by atoms with Crippen LogP contribution >= 0.6 is 11.3 Å². The Morgan fingerprint density at radius 1 is 0.909 bits per heavy atom. The zero-order valence-corrected chi connectivity index (χ0v) is 20.8. The van der Waals surface area contributed by atoms with Gasteiger partial charge in [0.05, 0.1) is 5.71 Å². The summed E-state index contributed by atoms with van der Waals surface area (Å²) in [5, 5.41) is 20.0. The zero-order chi connectivity index (χ0) is 23.0. The van der Waals surface area contributed by atoms with Crippen LogP contribution in [0.2, 0.25) is 0 Å². The van der Waals surface area contributed by atoms with Crippen LogP contribution in [-0.2, 0) is 19.4 Å². The first kappa shape index (κ1) is 23.7. The largest absolute Gasteiger partial charge is 0.508 e. The number of benzene rings is 1. The number of phenolic OH excluding ortho intramolecular Hbond substituents is 1. The van der Waals surface area contributed by atoms with Gasteiger partial charge in [-0.05, 0) is 43.2 Å². The van der Waals surface area contributed by atoms with Crippen LogP contribution in [-0.4, -0.2) is 25.6 Å². The number of hydrogen-bond donors (Lipinski definition) is 1. The first-order valence-electron chi connectivity index (χ1n) is 12.6. The SMILES string of the molecule is CCCCCCCCCCCc1nnc2n1-c1sc(CC)cc1C(c1ccc(O)cc1)=NC2. The molecule has 0 saturated carbocycles. The van der Waals surface area contributed by atoms with E-state index in [1.807, 2.05) is 23.5 Å². The Kier molecular flexibility index (Phi) is 8.32. The molecule has 176 valence electrons. The molecule has 0 bridgehead atoms. The molecule has 0 saturated heterocycles. The summed E-state index contributed by atoms with van der Waals surface area (Å²) in [5.74, 6) is 2.24. The lowest BCUT2D eigenvalue weighted by molar-refractivity contribution is 0.475. The van der Waals surface area contributed by atoms with Crippen molar-refractivity contribution in [3.8, 4) is 10.8 Å². The molecule has 0 aliphatic carbocycles. The van der Waals surface area contributed by atoms with Gasteiger partial charge in [0, 0.05) is 22.4 Å². The average Bonchev–Trinajstić information content (AvgIpc) is 3.39. The van der Waals surface area contributed by atoms with Crippen LogP contribution in [0.3, 0.4) is 0 Å². The maximum absolute atomic E-state index is 9.72. The number of unbranched alkanes of at least 4 members (excludes halogenated alkanes) is 8. The molecule has 4 rings (SSSR count). The average molecular weight is 465 g/mol. The fourth-order valence-electron chi connectivity index (χ4n) is 4.49. The monoisotopic (exact) mass is 464 g/mol. The highest BCUT2D eigenvalue weighted by Crippen LogP contribution is 2.34. The van der Waals surface area contributed by atoms with Gasteiger partial charge in [-0.25, -0.2) is 0 Å². The van der Waals surface area contributed by atoms with E-state index in [0.29, 0.717) is 6.54 Å². The molecule has 0 amide bonds. The molecule has 33 heavy (non-hydrogen) atoms. The molecule has 2 aromatic heterocycles. The van der Waals surface area contributed by atoms with E-state index in [1.54, 1.807) is 12.1 Å². The van der Waals surface area contributed by atoms with Crippen molar-refractivity contribution in [1.29, 1.82) is 0 Å². The lowest BCUT2D eigenvalue weighted by atomic mass is 10.0. The number of hydrogen-bond acceptors (Lipinski definition) is 5. The number of nitrogens with zero attached hydrogens (tertiary/aromatic N) is 4. The van der Waals surface area contributed by atoms with Gasteiger partial charge >= 0.3 is 0 Å². The summed E-state index contributed by atoms with van der Waals surface area (Å²) in [4.78, 5) is 6.27. The third-order valence-corrected chi connectivity index (χ3v) is 7.66. The predicted octanol–water partition coefficient (Wildman–Crippen LogP) is 7.02. The molecule has 5 nitrogen and oxygen atoms in total. The second-order valence-corrected chi connectivity index (χ2v) is 10.1. The Hall–Kier alpha value is -2.47. The number of fused-ring (bicyclic) bond motifs is 3. The van der Waals surface area contributed by atoms with E-state index in [-0.39, 0.29) is 5.75 Å². The van der Waals surface area contributed by atoms with Crippen molar-refractivity contribution in [2.75, 3.05) is 0 Å². The van der Waals surface area contributed by atoms with Gasteiger partial charge in [0.25, 0.3) is 0 Å². The Morgan fingerprint density at radius 2 is 1.61 bits per heavy atom. The summed E-state index contributed by atoms with van der Waals surface area (Å²) >= 11 is 1.82. The summed E-state index contributed by atoms with van der Waals surface area (Å²) in [6.45, 7) is 4.98. The highest BCUT2D eigenvalue weighted by molar-refractivity contribution is 7.15. The topological polar surface area (TPSA) is 63.3 Å². The Morgan fingerprint density at radius 3 is 2.30 bits per heavy atom. The van der Waals surface area contributed by atoms with E-state index < -0.39 is 0 Å². The quantitative estimate of drug-likeness (QED) is 0.293. The van der Waals surface area contributed by atoms with E-state index in [2.05, 4.69) is 34.7 Å². The fourth-order valence-corrected chi connectivity index (χ4v) is 5.63. The van der Waals surface area contributed by atoms with Crippen molar-refractivity contribution in [3.63, 3.8) is 0 Å². The Labute approximate surface area is 201 Å². The van der Waals surface area contributed by atoms with Crippen molar-refractivity contribution in [2.45, 2.75) is 91.0 Å². The first-order chi connectivity index (χ1) is 16.2. The van der Waals surface area contributed by atoms with Crippen LogP contribution in [0.4, 0.5) is 0 Å². The molecule has 0 unspecified atom stereocenters. The minimum absolute atomic E-state index is 0.271. The van der Waals surface area contributed by atoms with Crippen molar-refractivity contribution in [2.24, 2.45) is 4.99 Å². The van der Waals surface area contributed by atoms with Crippen LogP contribution < -0.4 is 0 Å². The summed E-state index contributed by atoms with van der Waals surface area (Å²) in [7, 11) is 0. The van der Waals surface area contributed by atoms with Gasteiger partial charge in [0.1, 0.15) is 23.1 Å². The van der Waals surface area contributed by atoms with Crippen molar-refractivity contribution in [3.05, 3.63) is 58.0 Å². The van der Waals surface area contributed by atoms with E-state index in [1.165, 1.54) is 61.2 Å². The van der Waals surface area contributed by atoms with Crippen molar-refractivity contribution in [1.82, 2.24) is 14.8 Å². The van der Waals surface area contributed by atoms with Crippen LogP contribution in [0.1, 0.15) is 99.3 Å². The fraction of sp³-hybridized carbons (Fsp3) is 0.519. The van der Waals surface area contributed by atoms with Gasteiger partial charge in [-0.2, -0.15) is 0 Å². The Balaban J connectivity index is 1.47. The van der Waals surface area contributed by atoms with E-state index in [0.717, 1.165) is 47.7 Å². The van der Waals surface area contributed by atoms with Crippen molar-refractivity contribution < 1.29 is 5.11 Å². The zero-order valence-electron chi connectivity index (χ0n) is 20.0. The van der Waals surface area contributed by atoms with Crippen LogP contribution in [0.5, 0.6) is 5.75 Å². The maximum atomic E-state index is 9.72. The van der Waals surface area contributed by atoms with E-state index in [4.69, 9.17) is 4.99 Å². The van der Waals surface area contributed by atoms with Crippen LogP contribution in [0.15, 0.2) is 35.3 Å². The molecule has 6 heteroatoms. The number of aryl methyl sites for hydroxylation is 2. The summed E-state index contributed by atoms with van der Waals surface area (Å²) in [6, 6.07) is 9.60. The van der Waals surface area contributed by atoms with E-state index in [9.17, 15) is 5.11 Å². The number of phenols is 1. The maximum Gasteiger partial charge on any atom is 0.160 e. The molecule has 0 fully saturated rings. The third kappa shape index (κ3) is 5.72. The number of aromatic hydroxyl groups is 1. The molecule has 1 aliphatic rings. The third-order valence-electron chi connectivity index (χ3n) is 6.39. The molecule has 1 aromatic carbocycles. The second-order valence-electron chi connectivity index (χ2n) is 8.94. The standard InChI is InChI=1S/C27H36N4OS/c1-3-5-6-7-8-9-10-11-12-13-24-29-30-25-19-28-26(20-14-16-21(32)17-15-20)23-18-22(4-2)33-27(23)31(24)25/h14-18,32H,3-13,19H2,1-2H3. The van der Waals surface area contributed by atoms with Gasteiger partial charge in [-0.1, -0.05) is 65.2 Å². The van der Waals surface area contributed by atoms with Gasteiger partial charge in [0.15, 0.2) is 5.82 Å². The first-order valence-corrected chi connectivity index (χ1v) is 13.4. The Bertz CT molecular complexity index is 1060. The molecule has 1 N–H and O–H groups in total. The van der Waals surface area contributed by atoms with Crippen molar-refractivity contribution >= 4 is 17.0 Å². The molecule has 0 atom stereocenters. The van der Waals surface area contributed by atoms with Gasteiger partial charge in [-0.3, -0.25) is 9.56 Å². The minimum Gasteiger partial charge on any atom is -0.508 e. The highest BCUT2D eigenvalue weighted by Gasteiger charge is 2.25. The summed E-state index contributed by atoms with van der Waals surface area (Å²) < 4.78 is 2.26. The minimum atomic E-state index is 0.271. The number of aliphatic imine (C=N–C) groups is 1. The number of rotatable bonds is 12. The van der Waals surface area contributed by atoms with Gasteiger partial charge < -0.3 is 5.11 Å². The number of thiophene rings is 1. The van der Waals surface area contributed by atoms with Crippen LogP contribution in [0.25, 0.3) is 5.00 Å². The molecule has 3 heterocycles. The smallest absolute Gasteiger partial charge is 0.160 e. The molecule has 3 aromatic rings. The second kappa shape index (κ2) is 11.6. The lowest BCUT2D eigenvalue weighted by Crippen LogP contribution is -2.06. The molecular formula is C27H36N4OS. The van der Waals surface area contributed by atoms with E-state index >= 15 is 0 Å². The molecule has 1 aliphatic heterocycles. The molecular weight excluding hydrogens is 428 g/mol. The summed E-state index contributed by atoms with van der Waals surface area (Å²) in [5.41, 5.74) is 3.14. The van der Waals surface area contributed by atoms with Gasteiger partial charge in [-0.15, -0.1) is 21.5 Å². The number of aromatic nitrogens is 3. The van der Waals surface area contributed by atoms with Gasteiger partial charge in [0.2, 0.25) is 0 Å². The van der Waals surface area contributed by atoms with Crippen LogP contribution in [0, 0.1) is 0 Å². The summed E-state index contributed by atoms with van der Waals surface area (Å²) in [6.07, 6.45) is 13.8.